The minimum absolute atomic E-state index is 0. The summed E-state index contributed by atoms with van der Waals surface area (Å²) in [7, 11) is -5.84. The van der Waals surface area contributed by atoms with Gasteiger partial charge < -0.3 is 0 Å². The van der Waals surface area contributed by atoms with Crippen molar-refractivity contribution < 1.29 is 45.6 Å². The molecule has 2 aliphatic rings. The molecular weight excluding hydrogens is 444 g/mol. The molecule has 3 nitrogen and oxygen atoms in total. The summed E-state index contributed by atoms with van der Waals surface area (Å²) in [4.78, 5) is 0. The van der Waals surface area contributed by atoms with Crippen LogP contribution in [0.15, 0.2) is 48.6 Å². The average molecular weight is 469 g/mol. The Morgan fingerprint density at radius 2 is 0.720 bits per heavy atom. The quantitative estimate of drug-likeness (QED) is 0.213. The first-order valence-electron chi connectivity index (χ1n) is 7.89. The van der Waals surface area contributed by atoms with Gasteiger partial charge in [0.1, 0.15) is 0 Å². The normalized spacial score (nSPS) is 22.4. The molecule has 0 atom stereocenters. The van der Waals surface area contributed by atoms with Crippen LogP contribution in [-0.4, -0.2) is 18.5 Å². The smallest absolute Gasteiger partial charge is 0.279 e. The number of alkyl halides is 3. The second-order valence-electron chi connectivity index (χ2n) is 5.12. The van der Waals surface area contributed by atoms with E-state index in [1.807, 2.05) is 0 Å². The van der Waals surface area contributed by atoms with Gasteiger partial charge >= 0.3 is 15.6 Å². The van der Waals surface area contributed by atoms with E-state index in [4.69, 9.17) is 13.0 Å². The van der Waals surface area contributed by atoms with Crippen LogP contribution < -0.4 is 0 Å². The Morgan fingerprint density at radius 3 is 0.800 bits per heavy atom. The van der Waals surface area contributed by atoms with Crippen LogP contribution in [0.2, 0.25) is 0 Å². The SMILES string of the molecule is C1=C\CC/C=C\CC/1.C1=C\CC/C=C\CC/1.O=S(=O)(O)C(F)(F)F.[Rh]. The van der Waals surface area contributed by atoms with E-state index in [1.54, 1.807) is 0 Å². The molecule has 2 rings (SSSR count). The predicted molar refractivity (Wildman–Crippen MR) is 91.1 cm³/mol. The first-order chi connectivity index (χ1) is 11.2. The van der Waals surface area contributed by atoms with Crippen molar-refractivity contribution >= 4 is 10.1 Å². The third kappa shape index (κ3) is 17.9. The van der Waals surface area contributed by atoms with Gasteiger partial charge in [0.15, 0.2) is 0 Å². The molecule has 0 saturated heterocycles. The van der Waals surface area contributed by atoms with E-state index in [2.05, 4.69) is 48.6 Å². The van der Waals surface area contributed by atoms with Crippen LogP contribution >= 0.6 is 0 Å². The van der Waals surface area contributed by atoms with Gasteiger partial charge in [0, 0.05) is 19.5 Å². The molecule has 25 heavy (non-hydrogen) atoms. The third-order valence-corrected chi connectivity index (χ3v) is 3.54. The Labute approximate surface area is 161 Å². The van der Waals surface area contributed by atoms with Gasteiger partial charge in [0.25, 0.3) is 0 Å². The van der Waals surface area contributed by atoms with Crippen LogP contribution in [0.4, 0.5) is 13.2 Å². The van der Waals surface area contributed by atoms with Crippen molar-refractivity contribution in [3.63, 3.8) is 0 Å². The Hall–Kier alpha value is -0.717. The Bertz CT molecular complexity index is 456. The van der Waals surface area contributed by atoms with Gasteiger partial charge in [-0.25, -0.2) is 0 Å². The average Bonchev–Trinajstić information content (AvgIpc) is 2.35. The van der Waals surface area contributed by atoms with Crippen LogP contribution in [0.1, 0.15) is 51.4 Å². The molecule has 0 unspecified atom stereocenters. The zero-order chi connectivity index (χ0) is 18.3. The zero-order valence-corrected chi connectivity index (χ0v) is 16.4. The molecule has 0 saturated carbocycles. The van der Waals surface area contributed by atoms with Crippen LogP contribution in [0.5, 0.6) is 0 Å². The maximum atomic E-state index is 10.7. The molecule has 0 amide bonds. The molecule has 1 radical (unpaired) electrons. The maximum Gasteiger partial charge on any atom is 0.522 e. The molecular formula is C17H25F3O3RhS. The minimum atomic E-state index is -5.84. The summed E-state index contributed by atoms with van der Waals surface area (Å²) in [5.74, 6) is 0. The summed E-state index contributed by atoms with van der Waals surface area (Å²) in [5, 5.41) is 0. The number of hydrogen-bond acceptors (Lipinski definition) is 2. The van der Waals surface area contributed by atoms with Crippen LogP contribution in [-0.2, 0) is 29.6 Å². The summed E-state index contributed by atoms with van der Waals surface area (Å²) >= 11 is 0. The number of allylic oxidation sites excluding steroid dienone is 8. The molecule has 1 N–H and O–H groups in total. The number of halogens is 3. The van der Waals surface area contributed by atoms with Crippen molar-refractivity contribution in [2.24, 2.45) is 0 Å². The molecule has 8 heteroatoms. The molecule has 0 aliphatic heterocycles. The first kappa shape index (κ1) is 26.5. The van der Waals surface area contributed by atoms with Gasteiger partial charge in [-0.3, -0.25) is 4.55 Å². The monoisotopic (exact) mass is 469 g/mol. The first-order valence-corrected chi connectivity index (χ1v) is 9.33. The fourth-order valence-corrected chi connectivity index (χ4v) is 1.71. The summed E-state index contributed by atoms with van der Waals surface area (Å²) in [6, 6.07) is 0. The predicted octanol–water partition coefficient (Wildman–Crippen LogP) is 5.74. The molecule has 0 bridgehead atoms. The topological polar surface area (TPSA) is 54.4 Å². The summed E-state index contributed by atoms with van der Waals surface area (Å²) in [5.41, 5.74) is -5.53. The third-order valence-electron chi connectivity index (χ3n) is 2.96. The van der Waals surface area contributed by atoms with E-state index in [0.29, 0.717) is 0 Å². The van der Waals surface area contributed by atoms with Gasteiger partial charge in [-0.15, -0.1) is 0 Å². The maximum absolute atomic E-state index is 10.7. The van der Waals surface area contributed by atoms with E-state index in [1.165, 1.54) is 51.4 Å². The van der Waals surface area contributed by atoms with E-state index < -0.39 is 15.6 Å². The zero-order valence-electron chi connectivity index (χ0n) is 13.9. The van der Waals surface area contributed by atoms with E-state index in [0.717, 1.165) is 0 Å². The Balaban J connectivity index is 0. The summed E-state index contributed by atoms with van der Waals surface area (Å²) in [6.45, 7) is 0. The van der Waals surface area contributed by atoms with Crippen LogP contribution in [0.25, 0.3) is 0 Å². The van der Waals surface area contributed by atoms with Crippen molar-refractivity contribution in [1.82, 2.24) is 0 Å². The molecule has 147 valence electrons. The Morgan fingerprint density at radius 1 is 0.600 bits per heavy atom. The van der Waals surface area contributed by atoms with Crippen molar-refractivity contribution in [2.75, 3.05) is 0 Å². The van der Waals surface area contributed by atoms with Crippen molar-refractivity contribution in [2.45, 2.75) is 56.9 Å². The molecule has 0 aromatic carbocycles. The fourth-order valence-electron chi connectivity index (χ4n) is 1.71. The Kier molecular flexibility index (Phi) is 16.5. The molecule has 0 heterocycles. The van der Waals surface area contributed by atoms with Gasteiger partial charge in [0.2, 0.25) is 0 Å². The van der Waals surface area contributed by atoms with Gasteiger partial charge in [-0.05, 0) is 51.4 Å². The summed E-state index contributed by atoms with van der Waals surface area (Å²) in [6.07, 6.45) is 28.0. The van der Waals surface area contributed by atoms with Crippen molar-refractivity contribution in [3.05, 3.63) is 48.6 Å². The van der Waals surface area contributed by atoms with E-state index in [-0.39, 0.29) is 19.5 Å². The van der Waals surface area contributed by atoms with E-state index in [9.17, 15) is 13.2 Å². The summed E-state index contributed by atoms with van der Waals surface area (Å²) < 4.78 is 57.5. The van der Waals surface area contributed by atoms with Gasteiger partial charge in [-0.2, -0.15) is 21.6 Å². The standard InChI is InChI=1S/2C8H12.CHF3O3S.Rh/c2*1-2-4-6-8-7-5-3-1;2-1(3,4)8(5,6)7;/h2*1-2,7-8H,3-6H2;(H,5,6,7);/b2*2-1-,8-7-;;. The number of rotatable bonds is 0. The van der Waals surface area contributed by atoms with E-state index >= 15 is 0 Å². The fraction of sp³-hybridized carbons (Fsp3) is 0.529. The largest absolute Gasteiger partial charge is 0.522 e. The molecule has 0 aromatic heterocycles. The second kappa shape index (κ2) is 15.5. The van der Waals surface area contributed by atoms with Crippen LogP contribution in [0.3, 0.4) is 0 Å². The molecule has 0 spiro atoms. The van der Waals surface area contributed by atoms with Gasteiger partial charge in [0.05, 0.1) is 0 Å². The molecule has 2 aliphatic carbocycles. The number of hydrogen-bond donors (Lipinski definition) is 1. The van der Waals surface area contributed by atoms with Crippen molar-refractivity contribution in [1.29, 1.82) is 0 Å². The van der Waals surface area contributed by atoms with Crippen molar-refractivity contribution in [3.8, 4) is 0 Å². The second-order valence-corrected chi connectivity index (χ2v) is 6.53. The van der Waals surface area contributed by atoms with Gasteiger partial charge in [-0.1, -0.05) is 48.6 Å². The van der Waals surface area contributed by atoms with Crippen LogP contribution in [0, 0.1) is 0 Å². The molecule has 0 fully saturated rings. The minimum Gasteiger partial charge on any atom is -0.279 e. The molecule has 0 aromatic rings.